The number of rotatable bonds is 4. The molecule has 0 heterocycles. The van der Waals surface area contributed by atoms with Gasteiger partial charge < -0.3 is 5.32 Å². The minimum atomic E-state index is -0.490. The SMILES string of the molecule is CC(C)c1ccccc1NC(=O)c1ccc([N+](=O)[O-])cc1. The van der Waals surface area contributed by atoms with Gasteiger partial charge in [-0.25, -0.2) is 0 Å². The van der Waals surface area contributed by atoms with Crippen molar-refractivity contribution in [3.63, 3.8) is 0 Å². The third-order valence-corrected chi connectivity index (χ3v) is 3.17. The van der Waals surface area contributed by atoms with E-state index in [1.807, 2.05) is 24.3 Å². The highest BCUT2D eigenvalue weighted by atomic mass is 16.6. The number of nitrogens with zero attached hydrogens (tertiary/aromatic N) is 1. The van der Waals surface area contributed by atoms with Crippen molar-refractivity contribution in [2.75, 3.05) is 5.32 Å². The Balaban J connectivity index is 2.20. The van der Waals surface area contributed by atoms with Gasteiger partial charge in [-0.1, -0.05) is 32.0 Å². The van der Waals surface area contributed by atoms with E-state index in [0.717, 1.165) is 11.3 Å². The molecule has 0 saturated heterocycles. The van der Waals surface area contributed by atoms with Crippen molar-refractivity contribution in [2.24, 2.45) is 0 Å². The van der Waals surface area contributed by atoms with Gasteiger partial charge in [-0.2, -0.15) is 0 Å². The van der Waals surface area contributed by atoms with Crippen LogP contribution in [0, 0.1) is 10.1 Å². The van der Waals surface area contributed by atoms with Gasteiger partial charge >= 0.3 is 0 Å². The molecule has 0 bridgehead atoms. The molecule has 1 N–H and O–H groups in total. The Morgan fingerprint density at radius 2 is 1.71 bits per heavy atom. The molecule has 2 aromatic carbocycles. The highest BCUT2D eigenvalue weighted by Gasteiger charge is 2.12. The number of carbonyl (C=O) groups excluding carboxylic acids is 1. The first kappa shape index (κ1) is 14.7. The molecule has 1 amide bonds. The fraction of sp³-hybridized carbons (Fsp3) is 0.188. The van der Waals surface area contributed by atoms with E-state index >= 15 is 0 Å². The van der Waals surface area contributed by atoms with Crippen LogP contribution in [-0.2, 0) is 0 Å². The average molecular weight is 284 g/mol. The van der Waals surface area contributed by atoms with Crippen LogP contribution in [0.15, 0.2) is 48.5 Å². The standard InChI is InChI=1S/C16H16N2O3/c1-11(2)14-5-3-4-6-15(14)17-16(19)12-7-9-13(10-8-12)18(20)21/h3-11H,1-2H3,(H,17,19). The average Bonchev–Trinajstić information content (AvgIpc) is 2.47. The fourth-order valence-corrected chi connectivity index (χ4v) is 2.04. The molecule has 0 aliphatic heterocycles. The molecule has 5 nitrogen and oxygen atoms in total. The molecule has 2 aromatic rings. The topological polar surface area (TPSA) is 72.2 Å². The molecule has 108 valence electrons. The number of nitro groups is 1. The van der Waals surface area contributed by atoms with Crippen LogP contribution in [0.1, 0.15) is 35.7 Å². The molecule has 0 radical (unpaired) electrons. The lowest BCUT2D eigenvalue weighted by molar-refractivity contribution is -0.384. The summed E-state index contributed by atoms with van der Waals surface area (Å²) in [6.45, 7) is 4.10. The van der Waals surface area contributed by atoms with Crippen LogP contribution >= 0.6 is 0 Å². The number of amides is 1. The number of para-hydroxylation sites is 1. The van der Waals surface area contributed by atoms with E-state index in [9.17, 15) is 14.9 Å². The summed E-state index contributed by atoms with van der Waals surface area (Å²) < 4.78 is 0. The second-order valence-electron chi connectivity index (χ2n) is 5.00. The van der Waals surface area contributed by atoms with E-state index in [4.69, 9.17) is 0 Å². The van der Waals surface area contributed by atoms with E-state index in [0.29, 0.717) is 11.5 Å². The maximum atomic E-state index is 12.2. The normalized spacial score (nSPS) is 10.4. The highest BCUT2D eigenvalue weighted by molar-refractivity contribution is 6.04. The van der Waals surface area contributed by atoms with Gasteiger partial charge in [0.1, 0.15) is 0 Å². The number of hydrogen-bond acceptors (Lipinski definition) is 3. The van der Waals surface area contributed by atoms with E-state index in [-0.39, 0.29) is 11.6 Å². The Morgan fingerprint density at radius 1 is 1.10 bits per heavy atom. The molecule has 0 aliphatic carbocycles. The van der Waals surface area contributed by atoms with Crippen LogP contribution in [-0.4, -0.2) is 10.8 Å². The Hall–Kier alpha value is -2.69. The van der Waals surface area contributed by atoms with E-state index < -0.39 is 4.92 Å². The number of nitrogens with one attached hydrogen (secondary N) is 1. The van der Waals surface area contributed by atoms with Crippen molar-refractivity contribution in [2.45, 2.75) is 19.8 Å². The summed E-state index contributed by atoms with van der Waals surface area (Å²) in [5, 5.41) is 13.4. The molecule has 0 aliphatic rings. The predicted molar refractivity (Wildman–Crippen MR) is 81.6 cm³/mol. The number of benzene rings is 2. The molecule has 0 spiro atoms. The number of non-ortho nitro benzene ring substituents is 1. The number of nitro benzene ring substituents is 1. The van der Waals surface area contributed by atoms with Crippen molar-refractivity contribution < 1.29 is 9.72 Å². The molecule has 0 unspecified atom stereocenters. The van der Waals surface area contributed by atoms with Crippen molar-refractivity contribution in [1.82, 2.24) is 0 Å². The van der Waals surface area contributed by atoms with Gasteiger partial charge in [-0.05, 0) is 29.7 Å². The summed E-state index contributed by atoms with van der Waals surface area (Å²) in [4.78, 5) is 22.3. The van der Waals surface area contributed by atoms with Crippen LogP contribution in [0.4, 0.5) is 11.4 Å². The van der Waals surface area contributed by atoms with Crippen molar-refractivity contribution in [3.8, 4) is 0 Å². The Morgan fingerprint density at radius 3 is 2.29 bits per heavy atom. The second-order valence-corrected chi connectivity index (χ2v) is 5.00. The number of anilines is 1. The van der Waals surface area contributed by atoms with Gasteiger partial charge in [0.2, 0.25) is 0 Å². The molecule has 0 aromatic heterocycles. The maximum Gasteiger partial charge on any atom is 0.269 e. The summed E-state index contributed by atoms with van der Waals surface area (Å²) in [6, 6.07) is 13.1. The van der Waals surface area contributed by atoms with Crippen molar-refractivity contribution in [3.05, 3.63) is 69.8 Å². The predicted octanol–water partition coefficient (Wildman–Crippen LogP) is 3.97. The summed E-state index contributed by atoms with van der Waals surface area (Å²) >= 11 is 0. The molecular weight excluding hydrogens is 268 g/mol. The van der Waals surface area contributed by atoms with E-state index in [1.54, 1.807) is 0 Å². The minimum absolute atomic E-state index is 0.0332. The molecular formula is C16H16N2O3. The molecule has 21 heavy (non-hydrogen) atoms. The number of hydrogen-bond donors (Lipinski definition) is 1. The zero-order valence-corrected chi connectivity index (χ0v) is 11.9. The third kappa shape index (κ3) is 3.45. The molecule has 5 heteroatoms. The van der Waals surface area contributed by atoms with Crippen LogP contribution in [0.5, 0.6) is 0 Å². The van der Waals surface area contributed by atoms with Gasteiger partial charge in [0, 0.05) is 23.4 Å². The monoisotopic (exact) mass is 284 g/mol. The quantitative estimate of drug-likeness (QED) is 0.682. The van der Waals surface area contributed by atoms with Crippen LogP contribution in [0.2, 0.25) is 0 Å². The lowest BCUT2D eigenvalue weighted by atomic mass is 10.0. The summed E-state index contributed by atoms with van der Waals surface area (Å²) in [7, 11) is 0. The number of carbonyl (C=O) groups is 1. The van der Waals surface area contributed by atoms with E-state index in [1.165, 1.54) is 24.3 Å². The lowest BCUT2D eigenvalue weighted by Crippen LogP contribution is -2.13. The lowest BCUT2D eigenvalue weighted by Gasteiger charge is -2.13. The molecule has 2 rings (SSSR count). The Bertz CT molecular complexity index is 663. The third-order valence-electron chi connectivity index (χ3n) is 3.17. The van der Waals surface area contributed by atoms with Gasteiger partial charge in [0.25, 0.3) is 11.6 Å². The van der Waals surface area contributed by atoms with Gasteiger partial charge in [0.15, 0.2) is 0 Å². The first-order valence-corrected chi connectivity index (χ1v) is 6.63. The molecule has 0 atom stereocenters. The van der Waals surface area contributed by atoms with Gasteiger partial charge in [0.05, 0.1) is 4.92 Å². The zero-order valence-electron chi connectivity index (χ0n) is 11.9. The van der Waals surface area contributed by atoms with Crippen molar-refractivity contribution >= 4 is 17.3 Å². The minimum Gasteiger partial charge on any atom is -0.322 e. The molecule has 0 saturated carbocycles. The summed E-state index contributed by atoms with van der Waals surface area (Å²) in [6.07, 6.45) is 0. The van der Waals surface area contributed by atoms with Crippen LogP contribution in [0.3, 0.4) is 0 Å². The van der Waals surface area contributed by atoms with Crippen molar-refractivity contribution in [1.29, 1.82) is 0 Å². The largest absolute Gasteiger partial charge is 0.322 e. The first-order valence-electron chi connectivity index (χ1n) is 6.63. The maximum absolute atomic E-state index is 12.2. The summed E-state index contributed by atoms with van der Waals surface area (Å²) in [5.74, 6) is 0.0105. The van der Waals surface area contributed by atoms with Crippen LogP contribution < -0.4 is 5.32 Å². The smallest absolute Gasteiger partial charge is 0.269 e. The first-order chi connectivity index (χ1) is 9.99. The second kappa shape index (κ2) is 6.17. The zero-order chi connectivity index (χ0) is 15.4. The van der Waals surface area contributed by atoms with Gasteiger partial charge in [-0.15, -0.1) is 0 Å². The Kier molecular flexibility index (Phi) is 4.33. The van der Waals surface area contributed by atoms with Gasteiger partial charge in [-0.3, -0.25) is 14.9 Å². The van der Waals surface area contributed by atoms with Crippen LogP contribution in [0.25, 0.3) is 0 Å². The highest BCUT2D eigenvalue weighted by Crippen LogP contribution is 2.24. The molecule has 0 fully saturated rings. The van der Waals surface area contributed by atoms with E-state index in [2.05, 4.69) is 19.2 Å². The fourth-order valence-electron chi connectivity index (χ4n) is 2.04. The summed E-state index contributed by atoms with van der Waals surface area (Å²) in [5.41, 5.74) is 2.16. The Labute approximate surface area is 122 Å².